The predicted octanol–water partition coefficient (Wildman–Crippen LogP) is 1.52. The number of amides is 3. The van der Waals surface area contributed by atoms with Gasteiger partial charge in [-0.2, -0.15) is 0 Å². The summed E-state index contributed by atoms with van der Waals surface area (Å²) in [6.45, 7) is 3.35. The van der Waals surface area contributed by atoms with Gasteiger partial charge in [-0.3, -0.25) is 19.3 Å². The number of carbonyl (C=O) groups excluding carboxylic acids is 4. The molecule has 9 nitrogen and oxygen atoms in total. The van der Waals surface area contributed by atoms with Crippen LogP contribution in [0.1, 0.15) is 12.5 Å². The monoisotopic (exact) mass is 434 g/mol. The maximum Gasteiger partial charge on any atom is 0.344 e. The Kier molecular flexibility index (Phi) is 7.47. The average molecular weight is 434 g/mol. The van der Waals surface area contributed by atoms with Gasteiger partial charge in [-0.15, -0.1) is 0 Å². The maximum atomic E-state index is 12.6. The summed E-state index contributed by atoms with van der Waals surface area (Å²) < 4.78 is 15.3. The van der Waals surface area contributed by atoms with Crippen LogP contribution in [0.5, 0.6) is 5.75 Å². The number of esters is 1. The highest BCUT2D eigenvalue weighted by Gasteiger charge is 2.37. The molecule has 0 bridgehead atoms. The molecule has 0 radical (unpaired) electrons. The normalized spacial score (nSPS) is 18.1. The van der Waals surface area contributed by atoms with Crippen LogP contribution >= 0.6 is 11.8 Å². The average Bonchev–Trinajstić information content (AvgIpc) is 3.01. The van der Waals surface area contributed by atoms with Crippen LogP contribution in [0, 0.1) is 0 Å². The van der Waals surface area contributed by atoms with Gasteiger partial charge < -0.3 is 19.1 Å². The molecule has 1 aromatic carbocycles. The van der Waals surface area contributed by atoms with Gasteiger partial charge in [0.15, 0.2) is 6.61 Å². The number of hydrogen-bond donors (Lipinski definition) is 0. The fourth-order valence-corrected chi connectivity index (χ4v) is 3.68. The lowest BCUT2D eigenvalue weighted by Gasteiger charge is -2.28. The van der Waals surface area contributed by atoms with Crippen molar-refractivity contribution in [2.24, 2.45) is 0 Å². The van der Waals surface area contributed by atoms with Crippen LogP contribution in [0.2, 0.25) is 0 Å². The topological polar surface area (TPSA) is 102 Å². The van der Waals surface area contributed by atoms with Gasteiger partial charge >= 0.3 is 5.97 Å². The Bertz CT molecular complexity index is 847. The Balaban J connectivity index is 1.59. The molecule has 2 aliphatic heterocycles. The molecule has 0 saturated carbocycles. The number of thioether (sulfide) groups is 1. The zero-order valence-electron chi connectivity index (χ0n) is 16.5. The van der Waals surface area contributed by atoms with E-state index in [-0.39, 0.29) is 30.6 Å². The van der Waals surface area contributed by atoms with Crippen molar-refractivity contribution in [2.75, 3.05) is 46.1 Å². The Morgan fingerprint density at radius 2 is 1.87 bits per heavy atom. The van der Waals surface area contributed by atoms with E-state index in [0.29, 0.717) is 37.6 Å². The van der Waals surface area contributed by atoms with Crippen LogP contribution in [0.4, 0.5) is 4.79 Å². The Morgan fingerprint density at radius 1 is 1.17 bits per heavy atom. The molecule has 3 rings (SSSR count). The van der Waals surface area contributed by atoms with Gasteiger partial charge in [0.1, 0.15) is 12.3 Å². The second-order valence-corrected chi connectivity index (χ2v) is 7.42. The molecule has 2 heterocycles. The summed E-state index contributed by atoms with van der Waals surface area (Å²) in [5.74, 6) is -0.745. The van der Waals surface area contributed by atoms with Crippen molar-refractivity contribution in [1.29, 1.82) is 0 Å². The lowest BCUT2D eigenvalue weighted by Crippen LogP contribution is -2.46. The molecule has 3 amide bonds. The number of nitrogens with zero attached hydrogens (tertiary/aromatic N) is 2. The van der Waals surface area contributed by atoms with Crippen molar-refractivity contribution < 1.29 is 33.4 Å². The summed E-state index contributed by atoms with van der Waals surface area (Å²) >= 11 is 0.800. The minimum absolute atomic E-state index is 0.191. The molecule has 160 valence electrons. The maximum absolute atomic E-state index is 12.6. The van der Waals surface area contributed by atoms with E-state index in [4.69, 9.17) is 14.2 Å². The number of imide groups is 1. The predicted molar refractivity (Wildman–Crippen MR) is 109 cm³/mol. The first-order valence-electron chi connectivity index (χ1n) is 9.47. The Labute approximate surface area is 177 Å². The molecular formula is C20H22N2O7S. The summed E-state index contributed by atoms with van der Waals surface area (Å²) in [7, 11) is 0. The van der Waals surface area contributed by atoms with Crippen LogP contribution in [-0.2, 0) is 23.9 Å². The molecule has 0 aliphatic carbocycles. The standard InChI is InChI=1S/C20H22N2O7S/c1-2-28-18(24)13-29-15-5-3-14(4-6-15)11-16-19(25)22(20(26)30-16)12-17(23)21-7-9-27-10-8-21/h3-6,11H,2,7-10,12-13H2,1H3/b16-11+. The third-order valence-electron chi connectivity index (χ3n) is 4.37. The molecule has 0 spiro atoms. The van der Waals surface area contributed by atoms with Crippen molar-refractivity contribution in [3.05, 3.63) is 34.7 Å². The second-order valence-electron chi connectivity index (χ2n) is 6.42. The first-order valence-corrected chi connectivity index (χ1v) is 10.3. The van der Waals surface area contributed by atoms with E-state index in [0.717, 1.165) is 16.7 Å². The highest BCUT2D eigenvalue weighted by molar-refractivity contribution is 8.18. The third kappa shape index (κ3) is 5.61. The first-order chi connectivity index (χ1) is 14.5. The van der Waals surface area contributed by atoms with Gasteiger partial charge in [-0.25, -0.2) is 4.79 Å². The third-order valence-corrected chi connectivity index (χ3v) is 5.28. The molecule has 0 atom stereocenters. The fourth-order valence-electron chi connectivity index (χ4n) is 2.84. The van der Waals surface area contributed by atoms with E-state index in [1.54, 1.807) is 42.2 Å². The molecule has 30 heavy (non-hydrogen) atoms. The molecule has 2 saturated heterocycles. The number of hydrogen-bond acceptors (Lipinski definition) is 8. The van der Waals surface area contributed by atoms with Crippen LogP contribution in [-0.4, -0.2) is 78.9 Å². The summed E-state index contributed by atoms with van der Waals surface area (Å²) in [5, 5.41) is -0.470. The minimum Gasteiger partial charge on any atom is -0.482 e. The molecule has 10 heteroatoms. The van der Waals surface area contributed by atoms with Crippen LogP contribution in [0.15, 0.2) is 29.2 Å². The summed E-state index contributed by atoms with van der Waals surface area (Å²) in [5.41, 5.74) is 0.684. The van der Waals surface area contributed by atoms with E-state index in [2.05, 4.69) is 0 Å². The number of carbonyl (C=O) groups is 4. The van der Waals surface area contributed by atoms with Gasteiger partial charge in [0.25, 0.3) is 11.1 Å². The van der Waals surface area contributed by atoms with Crippen molar-refractivity contribution in [2.45, 2.75) is 6.92 Å². The smallest absolute Gasteiger partial charge is 0.344 e. The van der Waals surface area contributed by atoms with Crippen molar-refractivity contribution in [3.8, 4) is 5.75 Å². The van der Waals surface area contributed by atoms with Gasteiger partial charge in [0, 0.05) is 13.1 Å². The number of rotatable bonds is 7. The zero-order chi connectivity index (χ0) is 21.5. The van der Waals surface area contributed by atoms with E-state index < -0.39 is 17.1 Å². The molecule has 2 aliphatic rings. The lowest BCUT2D eigenvalue weighted by molar-refractivity contribution is -0.145. The van der Waals surface area contributed by atoms with Crippen LogP contribution in [0.25, 0.3) is 6.08 Å². The zero-order valence-corrected chi connectivity index (χ0v) is 17.3. The fraction of sp³-hybridized carbons (Fsp3) is 0.400. The van der Waals surface area contributed by atoms with E-state index in [1.807, 2.05) is 0 Å². The largest absolute Gasteiger partial charge is 0.482 e. The molecule has 1 aromatic rings. The van der Waals surface area contributed by atoms with Crippen LogP contribution < -0.4 is 4.74 Å². The van der Waals surface area contributed by atoms with E-state index in [9.17, 15) is 19.2 Å². The highest BCUT2D eigenvalue weighted by atomic mass is 32.2. The van der Waals surface area contributed by atoms with Gasteiger partial charge in [0.05, 0.1) is 24.7 Å². The first kappa shape index (κ1) is 21.8. The Hall–Kier alpha value is -2.85. The minimum atomic E-state index is -0.491. The molecule has 0 aromatic heterocycles. The summed E-state index contributed by atoms with van der Waals surface area (Å²) in [6.07, 6.45) is 1.58. The van der Waals surface area contributed by atoms with Gasteiger partial charge in [-0.1, -0.05) is 12.1 Å². The second kappa shape index (κ2) is 10.3. The molecule has 0 N–H and O–H groups in total. The van der Waals surface area contributed by atoms with Crippen LogP contribution in [0.3, 0.4) is 0 Å². The summed E-state index contributed by atoms with van der Waals surface area (Å²) in [6, 6.07) is 6.70. The van der Waals surface area contributed by atoms with Crippen molar-refractivity contribution in [3.63, 3.8) is 0 Å². The van der Waals surface area contributed by atoms with Crippen molar-refractivity contribution in [1.82, 2.24) is 9.80 Å². The quantitative estimate of drug-likeness (QED) is 0.470. The highest BCUT2D eigenvalue weighted by Crippen LogP contribution is 2.32. The number of morpholine rings is 1. The lowest BCUT2D eigenvalue weighted by atomic mass is 10.2. The summed E-state index contributed by atoms with van der Waals surface area (Å²) in [4.78, 5) is 51.3. The molecular weight excluding hydrogens is 412 g/mol. The SMILES string of the molecule is CCOC(=O)COc1ccc(/C=C2/SC(=O)N(CC(=O)N3CCOCC3)C2=O)cc1. The molecule has 2 fully saturated rings. The van der Waals surface area contributed by atoms with Crippen molar-refractivity contribution >= 4 is 40.9 Å². The van der Waals surface area contributed by atoms with Gasteiger partial charge in [-0.05, 0) is 42.5 Å². The van der Waals surface area contributed by atoms with E-state index in [1.165, 1.54) is 0 Å². The Morgan fingerprint density at radius 3 is 2.53 bits per heavy atom. The molecule has 0 unspecified atom stereocenters. The number of ether oxygens (including phenoxy) is 3. The van der Waals surface area contributed by atoms with Gasteiger partial charge in [0.2, 0.25) is 5.91 Å². The van der Waals surface area contributed by atoms with E-state index >= 15 is 0 Å². The number of benzene rings is 1.